The summed E-state index contributed by atoms with van der Waals surface area (Å²) in [5, 5.41) is 0.579. The van der Waals surface area contributed by atoms with E-state index < -0.39 is 10.0 Å². The van der Waals surface area contributed by atoms with Crippen molar-refractivity contribution in [2.45, 2.75) is 20.0 Å². The number of nitrogens with zero attached hydrogens (tertiary/aromatic N) is 2. The summed E-state index contributed by atoms with van der Waals surface area (Å²) in [7, 11) is -3.53. The van der Waals surface area contributed by atoms with Crippen molar-refractivity contribution in [1.29, 1.82) is 0 Å². The molecule has 0 atom stereocenters. The second kappa shape index (κ2) is 9.16. The van der Waals surface area contributed by atoms with E-state index in [2.05, 4.69) is 0 Å². The van der Waals surface area contributed by atoms with Crippen LogP contribution in [0.15, 0.2) is 54.6 Å². The lowest BCUT2D eigenvalue weighted by Gasteiger charge is -2.25. The monoisotopic (exact) mass is 394 g/mol. The maximum Gasteiger partial charge on any atom is 0.238 e. The van der Waals surface area contributed by atoms with Crippen LogP contribution in [0.3, 0.4) is 0 Å². The van der Waals surface area contributed by atoms with Crippen LogP contribution in [0.5, 0.6) is 0 Å². The summed E-state index contributed by atoms with van der Waals surface area (Å²) in [4.78, 5) is 14.3. The lowest BCUT2D eigenvalue weighted by atomic mass is 10.2. The summed E-state index contributed by atoms with van der Waals surface area (Å²) in [6.45, 7) is 2.78. The minimum Gasteiger partial charge on any atom is -0.338 e. The highest BCUT2D eigenvalue weighted by molar-refractivity contribution is 7.88. The van der Waals surface area contributed by atoms with Crippen LogP contribution < -0.4 is 0 Å². The minimum absolute atomic E-state index is 0.130. The fourth-order valence-electron chi connectivity index (χ4n) is 2.51. The number of hydrogen-bond acceptors (Lipinski definition) is 3. The standard InChI is InChI=1S/C19H23ClN2O3S/c1-3-21(13-16-7-5-4-6-8-16)19(23)15-22(26(2,24)25)14-17-9-11-18(20)12-10-17/h4-12H,3,13-15H2,1-2H3. The molecule has 0 radical (unpaired) electrons. The van der Waals surface area contributed by atoms with Gasteiger partial charge in [-0.1, -0.05) is 54.1 Å². The van der Waals surface area contributed by atoms with Gasteiger partial charge in [-0.25, -0.2) is 8.42 Å². The van der Waals surface area contributed by atoms with Gasteiger partial charge in [0.1, 0.15) is 0 Å². The van der Waals surface area contributed by atoms with Crippen molar-refractivity contribution in [3.63, 3.8) is 0 Å². The Balaban J connectivity index is 2.10. The van der Waals surface area contributed by atoms with Crippen molar-refractivity contribution in [2.75, 3.05) is 19.3 Å². The fourth-order valence-corrected chi connectivity index (χ4v) is 3.37. The largest absolute Gasteiger partial charge is 0.338 e. The van der Waals surface area contributed by atoms with E-state index >= 15 is 0 Å². The molecule has 0 aliphatic rings. The zero-order valence-electron chi connectivity index (χ0n) is 14.9. The number of rotatable bonds is 8. The van der Waals surface area contributed by atoms with E-state index in [0.717, 1.165) is 17.4 Å². The lowest BCUT2D eigenvalue weighted by molar-refractivity contribution is -0.131. The molecule has 0 bridgehead atoms. The van der Waals surface area contributed by atoms with Crippen LogP contribution in [0.4, 0.5) is 0 Å². The highest BCUT2D eigenvalue weighted by atomic mass is 35.5. The Labute approximate surface area is 160 Å². The van der Waals surface area contributed by atoms with Crippen molar-refractivity contribution < 1.29 is 13.2 Å². The minimum atomic E-state index is -3.53. The van der Waals surface area contributed by atoms with E-state index in [4.69, 9.17) is 11.6 Å². The molecular weight excluding hydrogens is 372 g/mol. The molecule has 0 aliphatic heterocycles. The average Bonchev–Trinajstić information content (AvgIpc) is 2.61. The Morgan fingerprint density at radius 1 is 0.962 bits per heavy atom. The number of carbonyl (C=O) groups is 1. The smallest absolute Gasteiger partial charge is 0.238 e. The zero-order chi connectivity index (χ0) is 19.2. The molecule has 26 heavy (non-hydrogen) atoms. The van der Waals surface area contributed by atoms with Crippen LogP contribution in [0.1, 0.15) is 18.1 Å². The highest BCUT2D eigenvalue weighted by Crippen LogP contribution is 2.14. The lowest BCUT2D eigenvalue weighted by Crippen LogP contribution is -2.41. The predicted octanol–water partition coefficient (Wildman–Crippen LogP) is 3.15. The van der Waals surface area contributed by atoms with Gasteiger partial charge < -0.3 is 4.90 Å². The molecule has 2 aromatic rings. The Morgan fingerprint density at radius 3 is 2.08 bits per heavy atom. The Kier molecular flexibility index (Phi) is 7.20. The number of benzene rings is 2. The molecule has 0 saturated carbocycles. The van der Waals surface area contributed by atoms with Crippen LogP contribution in [-0.4, -0.2) is 42.9 Å². The van der Waals surface area contributed by atoms with Gasteiger partial charge in [-0.05, 0) is 30.2 Å². The summed E-state index contributed by atoms with van der Waals surface area (Å²) >= 11 is 5.87. The first-order valence-corrected chi connectivity index (χ1v) is 10.5. The second-order valence-electron chi connectivity index (χ2n) is 6.05. The third-order valence-corrected chi connectivity index (χ3v) is 5.45. The summed E-state index contributed by atoms with van der Waals surface area (Å²) < 4.78 is 25.5. The van der Waals surface area contributed by atoms with Crippen LogP contribution in [0.25, 0.3) is 0 Å². The SMILES string of the molecule is CCN(Cc1ccccc1)C(=O)CN(Cc1ccc(Cl)cc1)S(C)(=O)=O. The van der Waals surface area contributed by atoms with Gasteiger partial charge in [0.25, 0.3) is 0 Å². The van der Waals surface area contributed by atoms with E-state index in [1.54, 1.807) is 29.2 Å². The Morgan fingerprint density at radius 2 is 1.54 bits per heavy atom. The number of sulfonamides is 1. The van der Waals surface area contributed by atoms with Crippen LogP contribution >= 0.6 is 11.6 Å². The molecule has 0 saturated heterocycles. The molecule has 0 aliphatic carbocycles. The van der Waals surface area contributed by atoms with Crippen LogP contribution in [-0.2, 0) is 27.9 Å². The molecule has 0 N–H and O–H groups in total. The third-order valence-electron chi connectivity index (χ3n) is 4.00. The van der Waals surface area contributed by atoms with Gasteiger partial charge in [-0.2, -0.15) is 4.31 Å². The molecule has 0 fully saturated rings. The number of carbonyl (C=O) groups excluding carboxylic acids is 1. The third kappa shape index (κ3) is 6.12. The van der Waals surface area contributed by atoms with Crippen molar-refractivity contribution in [3.8, 4) is 0 Å². The number of amides is 1. The van der Waals surface area contributed by atoms with Gasteiger partial charge in [0.05, 0.1) is 12.8 Å². The van der Waals surface area contributed by atoms with Crippen molar-refractivity contribution in [1.82, 2.24) is 9.21 Å². The number of likely N-dealkylation sites (N-methyl/N-ethyl adjacent to an activating group) is 1. The van der Waals surface area contributed by atoms with Crippen LogP contribution in [0, 0.1) is 0 Å². The van der Waals surface area contributed by atoms with Gasteiger partial charge >= 0.3 is 0 Å². The van der Waals surface area contributed by atoms with Gasteiger partial charge in [-0.3, -0.25) is 4.79 Å². The quantitative estimate of drug-likeness (QED) is 0.691. The first kappa shape index (κ1) is 20.4. The maximum atomic E-state index is 12.7. The normalized spacial score (nSPS) is 11.5. The maximum absolute atomic E-state index is 12.7. The predicted molar refractivity (Wildman–Crippen MR) is 104 cm³/mol. The summed E-state index contributed by atoms with van der Waals surface area (Å²) in [6, 6.07) is 16.5. The Bertz CT molecular complexity index is 824. The Hall–Kier alpha value is -1.89. The second-order valence-corrected chi connectivity index (χ2v) is 8.47. The molecule has 2 aromatic carbocycles. The van der Waals surface area contributed by atoms with E-state index in [-0.39, 0.29) is 19.0 Å². The average molecular weight is 395 g/mol. The molecular formula is C19H23ClN2O3S. The zero-order valence-corrected chi connectivity index (χ0v) is 16.5. The van der Waals surface area contributed by atoms with Crippen molar-refractivity contribution in [2.24, 2.45) is 0 Å². The molecule has 0 heterocycles. The molecule has 0 unspecified atom stereocenters. The molecule has 5 nitrogen and oxygen atoms in total. The van der Waals surface area contributed by atoms with Crippen molar-refractivity contribution in [3.05, 3.63) is 70.7 Å². The highest BCUT2D eigenvalue weighted by Gasteiger charge is 2.23. The number of halogens is 1. The molecule has 140 valence electrons. The first-order valence-electron chi connectivity index (χ1n) is 8.31. The van der Waals surface area contributed by atoms with E-state index in [0.29, 0.717) is 18.1 Å². The fraction of sp³-hybridized carbons (Fsp3) is 0.316. The summed E-state index contributed by atoms with van der Waals surface area (Å²) in [6.07, 6.45) is 1.11. The summed E-state index contributed by atoms with van der Waals surface area (Å²) in [5.74, 6) is -0.226. The van der Waals surface area contributed by atoms with Gasteiger partial charge in [0, 0.05) is 24.7 Å². The topological polar surface area (TPSA) is 57.7 Å². The molecule has 1 amide bonds. The molecule has 2 rings (SSSR count). The van der Waals surface area contributed by atoms with Gasteiger partial charge in [-0.15, -0.1) is 0 Å². The van der Waals surface area contributed by atoms with Gasteiger partial charge in [0.2, 0.25) is 15.9 Å². The molecule has 7 heteroatoms. The van der Waals surface area contributed by atoms with E-state index in [1.807, 2.05) is 37.3 Å². The first-order chi connectivity index (χ1) is 12.3. The van der Waals surface area contributed by atoms with Crippen LogP contribution in [0.2, 0.25) is 5.02 Å². The molecule has 0 spiro atoms. The summed E-state index contributed by atoms with van der Waals surface area (Å²) in [5.41, 5.74) is 1.78. The van der Waals surface area contributed by atoms with E-state index in [9.17, 15) is 13.2 Å². The van der Waals surface area contributed by atoms with Gasteiger partial charge in [0.15, 0.2) is 0 Å². The van der Waals surface area contributed by atoms with E-state index in [1.165, 1.54) is 4.31 Å². The van der Waals surface area contributed by atoms with Crippen molar-refractivity contribution >= 4 is 27.5 Å². The molecule has 0 aromatic heterocycles. The number of hydrogen-bond donors (Lipinski definition) is 0.